The van der Waals surface area contributed by atoms with E-state index in [1.165, 1.54) is 0 Å². The second-order valence-corrected chi connectivity index (χ2v) is 4.90. The molecule has 0 radical (unpaired) electrons. The van der Waals surface area contributed by atoms with Gasteiger partial charge < -0.3 is 15.7 Å². The average Bonchev–Trinajstić information content (AvgIpc) is 2.14. The molecule has 0 aromatic rings. The fourth-order valence-corrected chi connectivity index (χ4v) is 0.858. The predicted molar refractivity (Wildman–Crippen MR) is 62.3 cm³/mol. The van der Waals surface area contributed by atoms with E-state index in [9.17, 15) is 9.59 Å². The van der Waals surface area contributed by atoms with Gasteiger partial charge in [-0.1, -0.05) is 27.7 Å². The third-order valence-corrected chi connectivity index (χ3v) is 2.89. The minimum Gasteiger partial charge on any atom is -0.481 e. The van der Waals surface area contributed by atoms with Crippen molar-refractivity contribution in [3.05, 3.63) is 0 Å². The smallest absolute Gasteiger partial charge is 0.314 e. The van der Waals surface area contributed by atoms with Crippen molar-refractivity contribution in [2.24, 2.45) is 11.3 Å². The zero-order valence-electron chi connectivity index (χ0n) is 10.5. The zero-order valence-corrected chi connectivity index (χ0v) is 10.5. The largest absolute Gasteiger partial charge is 0.481 e. The van der Waals surface area contributed by atoms with Crippen molar-refractivity contribution in [1.29, 1.82) is 0 Å². The van der Waals surface area contributed by atoms with E-state index in [0.29, 0.717) is 12.5 Å². The Morgan fingerprint density at radius 2 is 1.81 bits per heavy atom. The van der Waals surface area contributed by atoms with Crippen molar-refractivity contribution in [2.75, 3.05) is 13.1 Å². The highest BCUT2D eigenvalue weighted by molar-refractivity contribution is 5.74. The summed E-state index contributed by atoms with van der Waals surface area (Å²) in [6.07, 6.45) is -0.0546. The summed E-state index contributed by atoms with van der Waals surface area (Å²) in [6, 6.07) is -0.310. The van der Waals surface area contributed by atoms with Gasteiger partial charge in [-0.2, -0.15) is 0 Å². The first-order valence-electron chi connectivity index (χ1n) is 5.49. The van der Waals surface area contributed by atoms with Crippen LogP contribution in [0.15, 0.2) is 0 Å². The summed E-state index contributed by atoms with van der Waals surface area (Å²) in [7, 11) is 0. The molecule has 0 rings (SSSR count). The van der Waals surface area contributed by atoms with E-state index in [2.05, 4.69) is 38.3 Å². The Labute approximate surface area is 96.6 Å². The van der Waals surface area contributed by atoms with Crippen LogP contribution < -0.4 is 10.6 Å². The topological polar surface area (TPSA) is 78.4 Å². The Kier molecular flexibility index (Phi) is 5.85. The summed E-state index contributed by atoms with van der Waals surface area (Å²) in [5.74, 6) is -0.449. The van der Waals surface area contributed by atoms with E-state index in [1.807, 2.05) is 0 Å². The SMILES string of the molecule is CC(C)C(C)(C)CNC(=O)NCCC(=O)O. The number of rotatable bonds is 6. The Bertz CT molecular complexity index is 250. The summed E-state index contributed by atoms with van der Waals surface area (Å²) < 4.78 is 0. The molecular formula is C11H22N2O3. The molecule has 0 spiro atoms. The van der Waals surface area contributed by atoms with Crippen molar-refractivity contribution in [2.45, 2.75) is 34.1 Å². The van der Waals surface area contributed by atoms with Crippen LogP contribution in [-0.4, -0.2) is 30.2 Å². The summed E-state index contributed by atoms with van der Waals surface area (Å²) in [4.78, 5) is 21.5. The monoisotopic (exact) mass is 230 g/mol. The molecule has 0 fully saturated rings. The van der Waals surface area contributed by atoms with Gasteiger partial charge in [0.05, 0.1) is 6.42 Å². The fourth-order valence-electron chi connectivity index (χ4n) is 0.858. The maximum absolute atomic E-state index is 11.3. The van der Waals surface area contributed by atoms with Crippen LogP contribution in [-0.2, 0) is 4.79 Å². The molecule has 0 heterocycles. The molecule has 5 nitrogen and oxygen atoms in total. The molecule has 3 N–H and O–H groups in total. The van der Waals surface area contributed by atoms with E-state index in [-0.39, 0.29) is 24.4 Å². The minimum atomic E-state index is -0.914. The third kappa shape index (κ3) is 6.27. The molecule has 0 unspecified atom stereocenters. The maximum Gasteiger partial charge on any atom is 0.314 e. The molecule has 5 heteroatoms. The van der Waals surface area contributed by atoms with Crippen molar-refractivity contribution < 1.29 is 14.7 Å². The Hall–Kier alpha value is -1.26. The number of carbonyl (C=O) groups excluding carboxylic acids is 1. The third-order valence-electron chi connectivity index (χ3n) is 2.89. The summed E-state index contributed by atoms with van der Waals surface area (Å²) in [5.41, 5.74) is 0.0319. The standard InChI is InChI=1S/C11H22N2O3/c1-8(2)11(3,4)7-13-10(16)12-6-5-9(14)15/h8H,5-7H2,1-4H3,(H,14,15)(H2,12,13,16). The summed E-state index contributed by atoms with van der Waals surface area (Å²) in [5, 5.41) is 13.6. The predicted octanol–water partition coefficient (Wildman–Crippen LogP) is 1.44. The molecule has 0 bridgehead atoms. The van der Waals surface area contributed by atoms with Crippen LogP contribution in [0.4, 0.5) is 4.79 Å². The van der Waals surface area contributed by atoms with Crippen molar-refractivity contribution >= 4 is 12.0 Å². The number of urea groups is 1. The quantitative estimate of drug-likeness (QED) is 0.646. The van der Waals surface area contributed by atoms with Gasteiger partial charge in [0.25, 0.3) is 0 Å². The molecule has 0 aliphatic carbocycles. The van der Waals surface area contributed by atoms with E-state index in [0.717, 1.165) is 0 Å². The van der Waals surface area contributed by atoms with Crippen molar-refractivity contribution in [3.8, 4) is 0 Å². The summed E-state index contributed by atoms with van der Waals surface area (Å²) >= 11 is 0. The van der Waals surface area contributed by atoms with Gasteiger partial charge in [-0.15, -0.1) is 0 Å². The average molecular weight is 230 g/mol. The fraction of sp³-hybridized carbons (Fsp3) is 0.818. The molecule has 0 aromatic carbocycles. The number of carbonyl (C=O) groups is 2. The Balaban J connectivity index is 3.77. The van der Waals surface area contributed by atoms with Crippen molar-refractivity contribution in [1.82, 2.24) is 10.6 Å². The van der Waals surface area contributed by atoms with Crippen LogP contribution in [0.3, 0.4) is 0 Å². The van der Waals surface area contributed by atoms with Gasteiger partial charge in [-0.3, -0.25) is 4.79 Å². The Morgan fingerprint density at radius 1 is 1.25 bits per heavy atom. The van der Waals surface area contributed by atoms with E-state index in [4.69, 9.17) is 5.11 Å². The molecule has 0 aliphatic rings. The first kappa shape index (κ1) is 14.7. The van der Waals surface area contributed by atoms with E-state index < -0.39 is 5.97 Å². The lowest BCUT2D eigenvalue weighted by molar-refractivity contribution is -0.136. The number of hydrogen-bond donors (Lipinski definition) is 3. The molecule has 2 amide bonds. The lowest BCUT2D eigenvalue weighted by Crippen LogP contribution is -2.42. The molecule has 0 saturated heterocycles. The molecule has 0 saturated carbocycles. The van der Waals surface area contributed by atoms with E-state index >= 15 is 0 Å². The van der Waals surface area contributed by atoms with Crippen LogP contribution in [0, 0.1) is 11.3 Å². The Morgan fingerprint density at radius 3 is 2.25 bits per heavy atom. The first-order chi connectivity index (χ1) is 7.25. The number of carboxylic acids is 1. The number of carboxylic acid groups (broad SMARTS) is 1. The molecule has 0 atom stereocenters. The summed E-state index contributed by atoms with van der Waals surface area (Å²) in [6.45, 7) is 9.09. The minimum absolute atomic E-state index is 0.0319. The van der Waals surface area contributed by atoms with Crippen molar-refractivity contribution in [3.63, 3.8) is 0 Å². The highest BCUT2D eigenvalue weighted by Crippen LogP contribution is 2.24. The lowest BCUT2D eigenvalue weighted by atomic mass is 9.81. The first-order valence-corrected chi connectivity index (χ1v) is 5.49. The lowest BCUT2D eigenvalue weighted by Gasteiger charge is -2.29. The number of aliphatic carboxylic acids is 1. The molecule has 0 aromatic heterocycles. The van der Waals surface area contributed by atoms with Gasteiger partial charge in [0.15, 0.2) is 0 Å². The van der Waals surface area contributed by atoms with Crippen LogP contribution in [0.5, 0.6) is 0 Å². The number of hydrogen-bond acceptors (Lipinski definition) is 2. The van der Waals surface area contributed by atoms with Gasteiger partial charge in [0.1, 0.15) is 0 Å². The van der Waals surface area contributed by atoms with Gasteiger partial charge in [-0.05, 0) is 11.3 Å². The normalized spacial score (nSPS) is 11.3. The van der Waals surface area contributed by atoms with Crippen LogP contribution in [0.1, 0.15) is 34.1 Å². The van der Waals surface area contributed by atoms with Gasteiger partial charge in [0, 0.05) is 13.1 Å². The maximum atomic E-state index is 11.3. The highest BCUT2D eigenvalue weighted by Gasteiger charge is 2.22. The number of amides is 2. The molecule has 94 valence electrons. The molecule has 16 heavy (non-hydrogen) atoms. The highest BCUT2D eigenvalue weighted by atomic mass is 16.4. The molecular weight excluding hydrogens is 208 g/mol. The second-order valence-electron chi connectivity index (χ2n) is 4.90. The van der Waals surface area contributed by atoms with Gasteiger partial charge in [-0.25, -0.2) is 4.79 Å². The van der Waals surface area contributed by atoms with Crippen LogP contribution in [0.2, 0.25) is 0 Å². The zero-order chi connectivity index (χ0) is 12.8. The van der Waals surface area contributed by atoms with E-state index in [1.54, 1.807) is 0 Å². The molecule has 0 aliphatic heterocycles. The van der Waals surface area contributed by atoms with Gasteiger partial charge >= 0.3 is 12.0 Å². The van der Waals surface area contributed by atoms with Gasteiger partial charge in [0.2, 0.25) is 0 Å². The number of nitrogens with one attached hydrogen (secondary N) is 2. The van der Waals surface area contributed by atoms with Crippen LogP contribution in [0.25, 0.3) is 0 Å². The van der Waals surface area contributed by atoms with Crippen LogP contribution >= 0.6 is 0 Å². The second kappa shape index (κ2) is 6.35.